The molecule has 56 heavy (non-hydrogen) atoms. The van der Waals surface area contributed by atoms with Crippen LogP contribution in [0.4, 0.5) is 0 Å². The molecule has 0 saturated heterocycles. The van der Waals surface area contributed by atoms with Crippen LogP contribution in [0.5, 0.6) is 0 Å². The second-order valence-corrected chi connectivity index (χ2v) is 14.2. The molecule has 0 N–H and O–H groups in total. The minimum atomic E-state index is -0.719. The highest BCUT2D eigenvalue weighted by Crippen LogP contribution is 2.45. The molecular weight excluding hydrogens is 699 g/mol. The van der Waals surface area contributed by atoms with Crippen molar-refractivity contribution in [3.05, 3.63) is 188 Å². The first-order chi connectivity index (χ1) is 35.7. The standard InChI is InChI=1S/C52H31N3S/c1-4-12-32(13-5-1)34-22-24-35(25-23-34)49-51-50(43-30-36(27-29-46(43)56-51)33-14-6-2-7-15-33)54-52(53-49)37-26-28-39-40-18-10-20-44-47(40)48-41(42(39)31-37)19-11-21-45(48)55(44)38-16-8-3-9-17-38/h1-31H/i1D,2D,3D,4D,5D,6D,7D,8D,9D,12D,13D,14D,15D,16D,17D,22D,23D,24D,25D. The van der Waals surface area contributed by atoms with Gasteiger partial charge in [-0.25, -0.2) is 9.97 Å². The van der Waals surface area contributed by atoms with Crippen LogP contribution in [0.2, 0.25) is 0 Å². The van der Waals surface area contributed by atoms with Crippen LogP contribution in [0.1, 0.15) is 26.0 Å². The fourth-order valence-corrected chi connectivity index (χ4v) is 8.84. The van der Waals surface area contributed by atoms with Gasteiger partial charge in [0.05, 0.1) is 53.0 Å². The van der Waals surface area contributed by atoms with Gasteiger partial charge in [-0.3, -0.25) is 0 Å². The van der Waals surface area contributed by atoms with Crippen molar-refractivity contribution < 1.29 is 26.0 Å². The molecule has 0 radical (unpaired) electrons. The van der Waals surface area contributed by atoms with Crippen molar-refractivity contribution >= 4 is 75.0 Å². The van der Waals surface area contributed by atoms with Crippen LogP contribution in [0, 0.1) is 0 Å². The van der Waals surface area contributed by atoms with E-state index in [2.05, 4.69) is 0 Å². The van der Waals surface area contributed by atoms with E-state index in [9.17, 15) is 5.48 Å². The minimum absolute atomic E-state index is 0.00978. The zero-order valence-electron chi connectivity index (χ0n) is 47.7. The molecule has 0 atom stereocenters. The van der Waals surface area contributed by atoms with E-state index in [1.807, 2.05) is 48.5 Å². The third-order valence-corrected chi connectivity index (χ3v) is 11.3. The lowest BCUT2D eigenvalue weighted by atomic mass is 9.93. The highest BCUT2D eigenvalue weighted by atomic mass is 32.1. The number of hydrogen-bond donors (Lipinski definition) is 0. The monoisotopic (exact) mass is 748 g/mol. The molecule has 0 fully saturated rings. The Morgan fingerprint density at radius 3 is 1.71 bits per heavy atom. The van der Waals surface area contributed by atoms with Crippen molar-refractivity contribution in [3.8, 4) is 50.6 Å². The van der Waals surface area contributed by atoms with Gasteiger partial charge in [-0.05, 0) is 86.2 Å². The van der Waals surface area contributed by atoms with E-state index >= 15 is 0 Å². The molecule has 3 aromatic heterocycles. The maximum absolute atomic E-state index is 9.48. The Labute approximate surface area is 353 Å². The Morgan fingerprint density at radius 1 is 0.446 bits per heavy atom. The predicted octanol–water partition coefficient (Wildman–Crippen LogP) is 14.4. The van der Waals surface area contributed by atoms with Crippen molar-refractivity contribution in [1.29, 1.82) is 0 Å². The van der Waals surface area contributed by atoms with Crippen molar-refractivity contribution in [1.82, 2.24) is 14.5 Å². The lowest BCUT2D eigenvalue weighted by Gasteiger charge is -2.12. The van der Waals surface area contributed by atoms with E-state index in [0.717, 1.165) is 38.3 Å². The first-order valence-electron chi connectivity index (χ1n) is 26.9. The molecule has 0 spiro atoms. The topological polar surface area (TPSA) is 30.7 Å². The molecule has 12 rings (SSSR count). The van der Waals surface area contributed by atoms with Gasteiger partial charge in [-0.2, -0.15) is 0 Å². The summed E-state index contributed by atoms with van der Waals surface area (Å²) in [4.78, 5) is 10.2. The number of fused-ring (bicyclic) bond motifs is 6. The zero-order chi connectivity index (χ0) is 53.3. The molecule has 9 aromatic carbocycles. The molecule has 0 unspecified atom stereocenters. The summed E-state index contributed by atoms with van der Waals surface area (Å²) in [6, 6.07) is 10.7. The molecule has 0 aliphatic rings. The molecule has 0 amide bonds. The van der Waals surface area contributed by atoms with Gasteiger partial charge in [0.2, 0.25) is 0 Å². The number of nitrogens with zero attached hydrogens (tertiary/aromatic N) is 3. The summed E-state index contributed by atoms with van der Waals surface area (Å²) in [6.45, 7) is 0. The van der Waals surface area contributed by atoms with Gasteiger partial charge in [0.25, 0.3) is 0 Å². The normalized spacial score (nSPS) is 16.7. The quantitative estimate of drug-likeness (QED) is 0.164. The summed E-state index contributed by atoms with van der Waals surface area (Å²) in [6.07, 6.45) is 0. The van der Waals surface area contributed by atoms with E-state index in [4.69, 9.17) is 30.5 Å². The van der Waals surface area contributed by atoms with Crippen molar-refractivity contribution in [2.75, 3.05) is 0 Å². The fourth-order valence-electron chi connectivity index (χ4n) is 7.72. The zero-order valence-corrected chi connectivity index (χ0v) is 29.5. The summed E-state index contributed by atoms with van der Waals surface area (Å²) in [7, 11) is 0. The molecule has 4 heteroatoms. The molecule has 0 saturated carbocycles. The average molecular weight is 749 g/mol. The SMILES string of the molecule is [2H]c1c([2H])c([2H])c(-c2ccc3sc4c(-c5c([2H])c([2H])c(-c6c([2H])c([2H])c([2H])c([2H])c6[2H])c([2H])c5[2H])nc(-c5ccc6c(c5)c5cccc7c5c5c6cccc5n7-c5c([2H])c([2H])c([2H])c([2H])c5[2H])nc4c3c2)c([2H])c1[2H]. The maximum Gasteiger partial charge on any atom is 0.160 e. The highest BCUT2D eigenvalue weighted by molar-refractivity contribution is 7.26. The lowest BCUT2D eigenvalue weighted by Crippen LogP contribution is -1.94. The van der Waals surface area contributed by atoms with E-state index < -0.39 is 114 Å². The molecule has 260 valence electrons. The molecular formula is C52H31N3S. The van der Waals surface area contributed by atoms with Crippen LogP contribution in [0.3, 0.4) is 0 Å². The smallest absolute Gasteiger partial charge is 0.160 e. The minimum Gasteiger partial charge on any atom is -0.309 e. The average Bonchev–Trinajstić information content (AvgIpc) is 3.99. The number of aromatic nitrogens is 3. The number of rotatable bonds is 5. The first-order valence-corrected chi connectivity index (χ1v) is 18.3. The van der Waals surface area contributed by atoms with Crippen molar-refractivity contribution in [2.45, 2.75) is 0 Å². The van der Waals surface area contributed by atoms with Crippen LogP contribution < -0.4 is 0 Å². The van der Waals surface area contributed by atoms with E-state index in [1.165, 1.54) is 0 Å². The fraction of sp³-hybridized carbons (Fsp3) is 0. The summed E-state index contributed by atoms with van der Waals surface area (Å²) in [5.74, 6) is 0.0626. The summed E-state index contributed by atoms with van der Waals surface area (Å²) < 4.78 is 168. The van der Waals surface area contributed by atoms with Gasteiger partial charge in [-0.1, -0.05) is 145 Å². The first kappa shape index (κ1) is 18.0. The highest BCUT2D eigenvalue weighted by Gasteiger charge is 2.21. The number of hydrogen-bond acceptors (Lipinski definition) is 3. The van der Waals surface area contributed by atoms with E-state index in [1.54, 1.807) is 28.8 Å². The van der Waals surface area contributed by atoms with Gasteiger partial charge >= 0.3 is 0 Å². The second-order valence-electron chi connectivity index (χ2n) is 13.1. The Bertz CT molecular complexity index is 4490. The molecule has 0 bridgehead atoms. The number of benzene rings is 9. The summed E-state index contributed by atoms with van der Waals surface area (Å²) >= 11 is 1.16. The second kappa shape index (κ2) is 12.2. The Hall–Kier alpha value is -7.14. The molecule has 3 heterocycles. The predicted molar refractivity (Wildman–Crippen MR) is 237 cm³/mol. The third kappa shape index (κ3) is 4.70. The lowest BCUT2D eigenvalue weighted by molar-refractivity contribution is 1.18. The molecule has 0 aliphatic carbocycles. The number of para-hydroxylation sites is 1. The van der Waals surface area contributed by atoms with Gasteiger partial charge in [0.15, 0.2) is 5.82 Å². The number of thiophene rings is 1. The Kier molecular flexibility index (Phi) is 3.92. The van der Waals surface area contributed by atoms with Gasteiger partial charge in [0.1, 0.15) is 0 Å². The Balaban J connectivity index is 1.16. The summed E-state index contributed by atoms with van der Waals surface area (Å²) in [5.41, 5.74) is 0.776. The molecule has 12 aromatic rings. The van der Waals surface area contributed by atoms with Crippen LogP contribution in [0.25, 0.3) is 114 Å². The van der Waals surface area contributed by atoms with Crippen molar-refractivity contribution in [2.24, 2.45) is 0 Å². The van der Waals surface area contributed by atoms with Crippen LogP contribution in [-0.2, 0) is 0 Å². The van der Waals surface area contributed by atoms with Gasteiger partial charge in [-0.15, -0.1) is 11.3 Å². The largest absolute Gasteiger partial charge is 0.309 e. The van der Waals surface area contributed by atoms with Crippen LogP contribution in [0.15, 0.2) is 188 Å². The molecule has 3 nitrogen and oxygen atoms in total. The summed E-state index contributed by atoms with van der Waals surface area (Å²) in [5, 5.41) is 5.04. The van der Waals surface area contributed by atoms with E-state index in [0.29, 0.717) is 36.8 Å². The maximum atomic E-state index is 9.48. The van der Waals surface area contributed by atoms with Crippen LogP contribution in [-0.4, -0.2) is 14.5 Å². The Morgan fingerprint density at radius 2 is 1.02 bits per heavy atom. The van der Waals surface area contributed by atoms with Crippen molar-refractivity contribution in [3.63, 3.8) is 0 Å². The van der Waals surface area contributed by atoms with Gasteiger partial charge in [0, 0.05) is 37.7 Å². The molecule has 0 aliphatic heterocycles. The third-order valence-electron chi connectivity index (χ3n) is 10.1. The van der Waals surface area contributed by atoms with E-state index in [-0.39, 0.29) is 51.5 Å². The van der Waals surface area contributed by atoms with Crippen LogP contribution >= 0.6 is 11.3 Å². The van der Waals surface area contributed by atoms with Gasteiger partial charge < -0.3 is 4.57 Å².